The number of nitrogens with one attached hydrogen (secondary N) is 1. The second-order valence-electron chi connectivity index (χ2n) is 6.14. The monoisotopic (exact) mass is 329 g/mol. The molecule has 1 N–H and O–H groups in total. The summed E-state index contributed by atoms with van der Waals surface area (Å²) in [5.41, 5.74) is 1.05. The number of carbonyl (C=O) groups is 1. The first-order chi connectivity index (χ1) is 11.3. The number of anilines is 1. The summed E-state index contributed by atoms with van der Waals surface area (Å²) in [7, 11) is 0. The van der Waals surface area contributed by atoms with Gasteiger partial charge in [-0.15, -0.1) is 10.2 Å². The zero-order valence-electron chi connectivity index (χ0n) is 13.5. The molecule has 0 bridgehead atoms. The number of hydrogen-bond acceptors (Lipinski definition) is 4. The Bertz CT molecular complexity index is 635. The van der Waals surface area contributed by atoms with E-state index in [-0.39, 0.29) is 11.8 Å². The summed E-state index contributed by atoms with van der Waals surface area (Å²) in [5, 5.41) is 13.1. The topological polar surface area (TPSA) is 54.9 Å². The molecule has 1 atom stereocenters. The normalized spacial score (nSPS) is 16.9. The summed E-state index contributed by atoms with van der Waals surface area (Å²) in [6.45, 7) is 2.03. The predicted molar refractivity (Wildman–Crippen MR) is 93.8 cm³/mol. The van der Waals surface area contributed by atoms with Gasteiger partial charge in [0.05, 0.1) is 5.92 Å². The van der Waals surface area contributed by atoms with Gasteiger partial charge in [-0.2, -0.15) is 0 Å². The Labute approximate surface area is 141 Å². The highest BCUT2D eigenvalue weighted by Crippen LogP contribution is 2.35. The molecule has 4 nitrogen and oxygen atoms in total. The molecule has 1 aromatic heterocycles. The highest BCUT2D eigenvalue weighted by Gasteiger charge is 2.22. The van der Waals surface area contributed by atoms with Gasteiger partial charge < -0.3 is 0 Å². The highest BCUT2D eigenvalue weighted by atomic mass is 32.1. The van der Waals surface area contributed by atoms with Gasteiger partial charge >= 0.3 is 0 Å². The zero-order chi connectivity index (χ0) is 16.1. The maximum atomic E-state index is 12.6. The van der Waals surface area contributed by atoms with Crippen LogP contribution in [-0.4, -0.2) is 16.1 Å². The summed E-state index contributed by atoms with van der Waals surface area (Å²) in [6, 6.07) is 9.91. The molecule has 0 unspecified atom stereocenters. The van der Waals surface area contributed by atoms with E-state index in [1.54, 1.807) is 0 Å². The third-order valence-electron chi connectivity index (χ3n) is 4.55. The number of amides is 1. The van der Waals surface area contributed by atoms with Gasteiger partial charge in [0.15, 0.2) is 0 Å². The van der Waals surface area contributed by atoms with Crippen LogP contribution in [0.15, 0.2) is 30.3 Å². The van der Waals surface area contributed by atoms with Crippen molar-refractivity contribution in [3.05, 3.63) is 40.9 Å². The summed E-state index contributed by atoms with van der Waals surface area (Å²) in [5.74, 6) is 0.395. The van der Waals surface area contributed by atoms with E-state index in [0.29, 0.717) is 11.0 Å². The van der Waals surface area contributed by atoms with Gasteiger partial charge in [-0.1, -0.05) is 67.9 Å². The molecular weight excluding hydrogens is 306 g/mol. The number of nitrogens with zero attached hydrogens (tertiary/aromatic N) is 2. The molecule has 1 aliphatic rings. The SMILES string of the molecule is CC[C@H](C(=O)Nc1nnc(C2CCCCC2)s1)c1ccccc1. The fourth-order valence-corrected chi connectivity index (χ4v) is 4.17. The lowest BCUT2D eigenvalue weighted by atomic mass is 9.90. The van der Waals surface area contributed by atoms with Crippen molar-refractivity contribution in [2.75, 3.05) is 5.32 Å². The minimum Gasteiger partial charge on any atom is -0.300 e. The Kier molecular flexibility index (Phi) is 5.39. The minimum atomic E-state index is -0.141. The zero-order valence-corrected chi connectivity index (χ0v) is 14.3. The van der Waals surface area contributed by atoms with Gasteiger partial charge in [-0.3, -0.25) is 10.1 Å². The molecule has 122 valence electrons. The molecule has 0 radical (unpaired) electrons. The van der Waals surface area contributed by atoms with E-state index in [4.69, 9.17) is 0 Å². The van der Waals surface area contributed by atoms with Crippen LogP contribution in [0.1, 0.15) is 67.9 Å². The van der Waals surface area contributed by atoms with Crippen LogP contribution in [0.4, 0.5) is 5.13 Å². The second-order valence-corrected chi connectivity index (χ2v) is 7.15. The largest absolute Gasteiger partial charge is 0.300 e. The molecule has 1 saturated carbocycles. The van der Waals surface area contributed by atoms with E-state index in [9.17, 15) is 4.79 Å². The van der Waals surface area contributed by atoms with Crippen molar-refractivity contribution in [3.8, 4) is 0 Å². The lowest BCUT2D eigenvalue weighted by Crippen LogP contribution is -2.20. The van der Waals surface area contributed by atoms with Crippen LogP contribution in [0, 0.1) is 0 Å². The van der Waals surface area contributed by atoms with Gasteiger partial charge in [0.1, 0.15) is 5.01 Å². The molecule has 1 fully saturated rings. The van der Waals surface area contributed by atoms with Crippen LogP contribution in [0.5, 0.6) is 0 Å². The Morgan fingerprint density at radius 2 is 1.96 bits per heavy atom. The van der Waals surface area contributed by atoms with E-state index in [0.717, 1.165) is 17.0 Å². The fourth-order valence-electron chi connectivity index (χ4n) is 3.25. The Morgan fingerprint density at radius 3 is 2.65 bits per heavy atom. The fraction of sp³-hybridized carbons (Fsp3) is 0.500. The molecule has 1 heterocycles. The van der Waals surface area contributed by atoms with Gasteiger partial charge in [-0.05, 0) is 24.8 Å². The number of carbonyl (C=O) groups excluding carboxylic acids is 1. The van der Waals surface area contributed by atoms with Crippen LogP contribution in [0.2, 0.25) is 0 Å². The number of aromatic nitrogens is 2. The summed E-state index contributed by atoms with van der Waals surface area (Å²) in [6.07, 6.45) is 7.04. The summed E-state index contributed by atoms with van der Waals surface area (Å²) >= 11 is 1.54. The molecule has 1 amide bonds. The molecular formula is C18H23N3OS. The van der Waals surface area contributed by atoms with Crippen LogP contribution in [0.25, 0.3) is 0 Å². The highest BCUT2D eigenvalue weighted by molar-refractivity contribution is 7.15. The van der Waals surface area contributed by atoms with E-state index in [2.05, 4.69) is 15.5 Å². The third-order valence-corrected chi connectivity index (χ3v) is 5.55. The quantitative estimate of drug-likeness (QED) is 0.863. The molecule has 23 heavy (non-hydrogen) atoms. The maximum absolute atomic E-state index is 12.6. The van der Waals surface area contributed by atoms with Crippen molar-refractivity contribution >= 4 is 22.4 Å². The van der Waals surface area contributed by atoms with Gasteiger partial charge in [0.25, 0.3) is 0 Å². The van der Waals surface area contributed by atoms with Crippen molar-refractivity contribution in [3.63, 3.8) is 0 Å². The van der Waals surface area contributed by atoms with Crippen LogP contribution >= 0.6 is 11.3 Å². The van der Waals surface area contributed by atoms with Crippen LogP contribution < -0.4 is 5.32 Å². The summed E-state index contributed by atoms with van der Waals surface area (Å²) < 4.78 is 0. The first-order valence-electron chi connectivity index (χ1n) is 8.47. The van der Waals surface area contributed by atoms with Crippen molar-refractivity contribution in [2.24, 2.45) is 0 Å². The van der Waals surface area contributed by atoms with Gasteiger partial charge in [0.2, 0.25) is 11.0 Å². The van der Waals surface area contributed by atoms with Gasteiger partial charge in [-0.25, -0.2) is 0 Å². The average Bonchev–Trinajstić information content (AvgIpc) is 3.06. The molecule has 2 aromatic rings. The van der Waals surface area contributed by atoms with Crippen molar-refractivity contribution in [1.82, 2.24) is 10.2 Å². The third kappa shape index (κ3) is 3.96. The number of rotatable bonds is 5. The lowest BCUT2D eigenvalue weighted by molar-refractivity contribution is -0.117. The molecule has 0 aliphatic heterocycles. The first kappa shape index (κ1) is 16.1. The van der Waals surface area contributed by atoms with E-state index in [1.807, 2.05) is 37.3 Å². The minimum absolute atomic E-state index is 0.00467. The Morgan fingerprint density at radius 1 is 1.22 bits per heavy atom. The van der Waals surface area contributed by atoms with E-state index < -0.39 is 0 Å². The van der Waals surface area contributed by atoms with Crippen molar-refractivity contribution in [2.45, 2.75) is 57.3 Å². The average molecular weight is 329 g/mol. The predicted octanol–water partition coefficient (Wildman–Crippen LogP) is 4.72. The van der Waals surface area contributed by atoms with E-state index in [1.165, 1.54) is 43.4 Å². The molecule has 1 aromatic carbocycles. The number of benzene rings is 1. The van der Waals surface area contributed by atoms with Gasteiger partial charge in [0, 0.05) is 5.92 Å². The molecule has 1 aliphatic carbocycles. The molecule has 0 spiro atoms. The molecule has 0 saturated heterocycles. The molecule has 5 heteroatoms. The van der Waals surface area contributed by atoms with Crippen LogP contribution in [-0.2, 0) is 4.79 Å². The number of hydrogen-bond donors (Lipinski definition) is 1. The molecule has 3 rings (SSSR count). The van der Waals surface area contributed by atoms with Crippen LogP contribution in [0.3, 0.4) is 0 Å². The first-order valence-corrected chi connectivity index (χ1v) is 9.28. The van der Waals surface area contributed by atoms with Crippen molar-refractivity contribution < 1.29 is 4.79 Å². The maximum Gasteiger partial charge on any atom is 0.233 e. The second kappa shape index (κ2) is 7.68. The smallest absolute Gasteiger partial charge is 0.233 e. The lowest BCUT2D eigenvalue weighted by Gasteiger charge is -2.18. The standard InChI is InChI=1S/C18H23N3OS/c1-2-15(13-9-5-3-6-10-13)16(22)19-18-21-20-17(23-18)14-11-7-4-8-12-14/h3,5-6,9-10,14-15H,2,4,7-8,11-12H2,1H3,(H,19,21,22)/t15-/m0/s1. The Hall–Kier alpha value is -1.75. The van der Waals surface area contributed by atoms with E-state index >= 15 is 0 Å². The van der Waals surface area contributed by atoms with Crippen molar-refractivity contribution in [1.29, 1.82) is 0 Å². The Balaban J connectivity index is 1.66. The summed E-state index contributed by atoms with van der Waals surface area (Å²) in [4.78, 5) is 12.6.